The fourth-order valence-electron chi connectivity index (χ4n) is 3.38. The van der Waals surface area contributed by atoms with Crippen LogP contribution in [0.5, 0.6) is 0 Å². The maximum atomic E-state index is 10.6. The molecule has 2 saturated carbocycles. The number of carboxylic acids is 1. The zero-order valence-corrected chi connectivity index (χ0v) is 15.7. The summed E-state index contributed by atoms with van der Waals surface area (Å²) in [6, 6.07) is 1.74. The molecule has 0 radical (unpaired) electrons. The van der Waals surface area contributed by atoms with Crippen molar-refractivity contribution < 1.29 is 19.4 Å². The van der Waals surface area contributed by atoms with Crippen molar-refractivity contribution in [3.05, 3.63) is 0 Å². The van der Waals surface area contributed by atoms with E-state index in [1.165, 1.54) is 64.2 Å². The van der Waals surface area contributed by atoms with Crippen LogP contribution in [0.15, 0.2) is 0 Å². The molecule has 1 amide bonds. The summed E-state index contributed by atoms with van der Waals surface area (Å²) >= 11 is 0. The molecule has 0 bridgehead atoms. The average molecular weight is 357 g/mol. The molecule has 6 heteroatoms. The minimum absolute atomic E-state index is 0.335. The molecule has 2 aliphatic rings. The van der Waals surface area contributed by atoms with Crippen LogP contribution in [0.2, 0.25) is 0 Å². The molecule has 0 aliphatic heterocycles. The Labute approximate surface area is 152 Å². The first-order valence-electron chi connectivity index (χ1n) is 10.00. The Morgan fingerprint density at radius 3 is 1.92 bits per heavy atom. The van der Waals surface area contributed by atoms with Gasteiger partial charge in [0.15, 0.2) is 0 Å². The lowest BCUT2D eigenvalue weighted by atomic mass is 9.91. The van der Waals surface area contributed by atoms with Gasteiger partial charge in [0.05, 0.1) is 6.61 Å². The van der Waals surface area contributed by atoms with Gasteiger partial charge in [0.25, 0.3) is 0 Å². The second-order valence-electron chi connectivity index (χ2n) is 7.07. The number of ether oxygens (including phenoxy) is 1. The number of carboxylic acid groups (broad SMARTS) is 1. The molecular weight excluding hydrogens is 320 g/mol. The number of unbranched alkanes of at least 4 members (excludes halogenated alkanes) is 1. The number of alkyl carbamates (subject to hydrolysis) is 1. The summed E-state index contributed by atoms with van der Waals surface area (Å²) in [4.78, 5) is 20.6. The van der Waals surface area contributed by atoms with E-state index in [1.807, 2.05) is 6.92 Å². The van der Waals surface area contributed by atoms with Crippen molar-refractivity contribution in [1.29, 1.82) is 0 Å². The van der Waals surface area contributed by atoms with Gasteiger partial charge in [-0.2, -0.15) is 0 Å². The highest BCUT2D eigenvalue weighted by Crippen LogP contribution is 2.22. The Morgan fingerprint density at radius 2 is 1.48 bits per heavy atom. The lowest BCUT2D eigenvalue weighted by molar-refractivity contribution is -0.135. The molecule has 0 aromatic heterocycles. The molecule has 0 heterocycles. The molecule has 0 unspecified atom stereocenters. The van der Waals surface area contributed by atoms with Crippen molar-refractivity contribution in [1.82, 2.24) is 10.6 Å². The molecule has 2 rings (SSSR count). The summed E-state index contributed by atoms with van der Waals surface area (Å²) in [5.74, 6) is -1.08. The topological polar surface area (TPSA) is 87.7 Å². The van der Waals surface area contributed by atoms with E-state index < -0.39 is 18.6 Å². The monoisotopic (exact) mass is 356 g/mol. The molecule has 0 aromatic carbocycles. The highest BCUT2D eigenvalue weighted by molar-refractivity contribution is 5.76. The van der Waals surface area contributed by atoms with Crippen LogP contribution in [-0.2, 0) is 9.53 Å². The second kappa shape index (κ2) is 13.9. The van der Waals surface area contributed by atoms with Crippen molar-refractivity contribution >= 4 is 12.1 Å². The van der Waals surface area contributed by atoms with Crippen LogP contribution in [0, 0.1) is 0 Å². The van der Waals surface area contributed by atoms with Gasteiger partial charge >= 0.3 is 12.1 Å². The molecule has 0 atom stereocenters. The molecule has 146 valence electrons. The SMILES string of the molecule is C1CCC(NC2CCCCC2)CC1.CCCCOC(=O)NCC(=O)O. The maximum Gasteiger partial charge on any atom is 0.407 e. The summed E-state index contributed by atoms with van der Waals surface area (Å²) < 4.78 is 4.62. The number of hydrogen-bond acceptors (Lipinski definition) is 4. The molecular formula is C19H36N2O4. The summed E-state index contributed by atoms with van der Waals surface area (Å²) in [5.41, 5.74) is 0. The normalized spacial score (nSPS) is 18.8. The molecule has 0 spiro atoms. The Kier molecular flexibility index (Phi) is 12.1. The fourth-order valence-corrected chi connectivity index (χ4v) is 3.38. The first-order chi connectivity index (χ1) is 12.1. The number of carbonyl (C=O) groups excluding carboxylic acids is 1. The summed E-state index contributed by atoms with van der Waals surface area (Å²) in [6.45, 7) is 1.91. The predicted molar refractivity (Wildman–Crippen MR) is 98.8 cm³/mol. The summed E-state index contributed by atoms with van der Waals surface area (Å²) in [6.07, 6.45) is 15.6. The van der Waals surface area contributed by atoms with Gasteiger partial charge in [0.1, 0.15) is 6.54 Å². The lowest BCUT2D eigenvalue weighted by Gasteiger charge is -2.30. The van der Waals surface area contributed by atoms with Crippen LogP contribution >= 0.6 is 0 Å². The Morgan fingerprint density at radius 1 is 0.960 bits per heavy atom. The quantitative estimate of drug-likeness (QED) is 0.603. The minimum Gasteiger partial charge on any atom is -0.480 e. The van der Waals surface area contributed by atoms with Crippen LogP contribution in [0.1, 0.15) is 84.0 Å². The summed E-state index contributed by atoms with van der Waals surface area (Å²) in [5, 5.41) is 14.1. The standard InChI is InChI=1S/C12H23N.C7H13NO4/c1-3-7-11(8-4-1)13-12-9-5-2-6-10-12;1-2-3-4-12-7(11)8-5-6(9)10/h11-13H,1-10H2;2-5H2,1H3,(H,8,11)(H,9,10). The molecule has 0 aromatic rings. The number of amides is 1. The molecule has 2 aliphatic carbocycles. The van der Waals surface area contributed by atoms with E-state index in [-0.39, 0.29) is 0 Å². The third-order valence-corrected chi connectivity index (χ3v) is 4.80. The molecule has 25 heavy (non-hydrogen) atoms. The van der Waals surface area contributed by atoms with Crippen LogP contribution in [0.25, 0.3) is 0 Å². The average Bonchev–Trinajstić information content (AvgIpc) is 2.62. The van der Waals surface area contributed by atoms with Crippen molar-refractivity contribution in [2.75, 3.05) is 13.2 Å². The first kappa shape index (κ1) is 21.7. The van der Waals surface area contributed by atoms with Crippen molar-refractivity contribution in [2.45, 2.75) is 96.1 Å². The van der Waals surface area contributed by atoms with Crippen LogP contribution < -0.4 is 10.6 Å². The van der Waals surface area contributed by atoms with Crippen molar-refractivity contribution in [3.8, 4) is 0 Å². The number of nitrogens with one attached hydrogen (secondary N) is 2. The Bertz CT molecular complexity index is 348. The number of rotatable bonds is 7. The smallest absolute Gasteiger partial charge is 0.407 e. The maximum absolute atomic E-state index is 10.6. The van der Waals surface area contributed by atoms with E-state index in [0.717, 1.165) is 24.9 Å². The fraction of sp³-hybridized carbons (Fsp3) is 0.895. The third-order valence-electron chi connectivity index (χ3n) is 4.80. The highest BCUT2D eigenvalue weighted by atomic mass is 16.5. The van der Waals surface area contributed by atoms with Gasteiger partial charge in [-0.3, -0.25) is 4.79 Å². The highest BCUT2D eigenvalue weighted by Gasteiger charge is 2.19. The lowest BCUT2D eigenvalue weighted by Crippen LogP contribution is -2.40. The molecule has 0 saturated heterocycles. The van der Waals surface area contributed by atoms with Gasteiger partial charge < -0.3 is 20.5 Å². The minimum atomic E-state index is -1.08. The molecule has 3 N–H and O–H groups in total. The molecule has 6 nitrogen and oxygen atoms in total. The first-order valence-corrected chi connectivity index (χ1v) is 10.00. The second-order valence-corrected chi connectivity index (χ2v) is 7.07. The van der Waals surface area contributed by atoms with E-state index in [9.17, 15) is 9.59 Å². The Balaban J connectivity index is 0.000000252. The summed E-state index contributed by atoms with van der Waals surface area (Å²) in [7, 11) is 0. The van der Waals surface area contributed by atoms with E-state index in [0.29, 0.717) is 6.61 Å². The Hall–Kier alpha value is -1.30. The van der Waals surface area contributed by atoms with E-state index in [2.05, 4.69) is 15.4 Å². The van der Waals surface area contributed by atoms with E-state index in [4.69, 9.17) is 5.11 Å². The van der Waals surface area contributed by atoms with Gasteiger partial charge in [-0.1, -0.05) is 51.9 Å². The molecule has 2 fully saturated rings. The predicted octanol–water partition coefficient (Wildman–Crippen LogP) is 3.84. The van der Waals surface area contributed by atoms with Gasteiger partial charge in [-0.15, -0.1) is 0 Å². The third kappa shape index (κ3) is 11.8. The van der Waals surface area contributed by atoms with E-state index in [1.54, 1.807) is 0 Å². The zero-order valence-electron chi connectivity index (χ0n) is 15.7. The van der Waals surface area contributed by atoms with Crippen LogP contribution in [-0.4, -0.2) is 42.4 Å². The largest absolute Gasteiger partial charge is 0.480 e. The van der Waals surface area contributed by atoms with Gasteiger partial charge in [0, 0.05) is 12.1 Å². The van der Waals surface area contributed by atoms with Crippen LogP contribution in [0.4, 0.5) is 4.79 Å². The number of aliphatic carboxylic acids is 1. The van der Waals surface area contributed by atoms with E-state index >= 15 is 0 Å². The van der Waals surface area contributed by atoms with Crippen molar-refractivity contribution in [3.63, 3.8) is 0 Å². The van der Waals surface area contributed by atoms with Gasteiger partial charge in [-0.05, 0) is 32.1 Å². The van der Waals surface area contributed by atoms with Gasteiger partial charge in [-0.25, -0.2) is 4.79 Å². The zero-order chi connectivity index (χ0) is 18.3. The van der Waals surface area contributed by atoms with Gasteiger partial charge in [0.2, 0.25) is 0 Å². The van der Waals surface area contributed by atoms with Crippen molar-refractivity contribution in [2.24, 2.45) is 0 Å². The number of carbonyl (C=O) groups is 2. The number of hydrogen-bond donors (Lipinski definition) is 3. The van der Waals surface area contributed by atoms with Crippen LogP contribution in [0.3, 0.4) is 0 Å².